The van der Waals surface area contributed by atoms with E-state index in [1.54, 1.807) is 0 Å². The summed E-state index contributed by atoms with van der Waals surface area (Å²) in [4.78, 5) is 12.9. The number of hydrogen-bond donors (Lipinski definition) is 3. The number of amides is 1. The third kappa shape index (κ3) is 4.18. The Kier molecular flexibility index (Phi) is 5.17. The zero-order valence-corrected chi connectivity index (χ0v) is 15.1. The first-order valence-electron chi connectivity index (χ1n) is 9.28. The largest absolute Gasteiger partial charge is 0.355 e. The Hall–Kier alpha value is -3.11. The number of nitrogens with one attached hydrogen (secondary N) is 3. The van der Waals surface area contributed by atoms with E-state index in [4.69, 9.17) is 0 Å². The van der Waals surface area contributed by atoms with Gasteiger partial charge < -0.3 is 16.0 Å². The SMILES string of the molecule is O=C(Nc1cccc(Nc2ccccc2)c1)[C@@H]1CNC[C@H]1c1ccccc1. The van der Waals surface area contributed by atoms with Crippen LogP contribution in [-0.4, -0.2) is 19.0 Å². The highest BCUT2D eigenvalue weighted by atomic mass is 16.1. The van der Waals surface area contributed by atoms with Crippen molar-refractivity contribution >= 4 is 23.0 Å². The third-order valence-corrected chi connectivity index (χ3v) is 4.97. The van der Waals surface area contributed by atoms with Crippen LogP contribution in [0.1, 0.15) is 11.5 Å². The summed E-state index contributed by atoms with van der Waals surface area (Å²) >= 11 is 0. The van der Waals surface area contributed by atoms with Gasteiger partial charge in [0.25, 0.3) is 0 Å². The second-order valence-corrected chi connectivity index (χ2v) is 6.84. The van der Waals surface area contributed by atoms with Gasteiger partial charge in [-0.05, 0) is 35.9 Å². The van der Waals surface area contributed by atoms with Gasteiger partial charge in [0.1, 0.15) is 0 Å². The molecule has 0 aliphatic carbocycles. The molecule has 3 aromatic carbocycles. The number of carbonyl (C=O) groups is 1. The van der Waals surface area contributed by atoms with Gasteiger partial charge in [-0.25, -0.2) is 0 Å². The number of rotatable bonds is 5. The molecule has 3 N–H and O–H groups in total. The fourth-order valence-corrected chi connectivity index (χ4v) is 3.60. The van der Waals surface area contributed by atoms with E-state index in [0.29, 0.717) is 6.54 Å². The minimum Gasteiger partial charge on any atom is -0.355 e. The summed E-state index contributed by atoms with van der Waals surface area (Å²) in [7, 11) is 0. The molecular weight excluding hydrogens is 334 g/mol. The fourth-order valence-electron chi connectivity index (χ4n) is 3.60. The van der Waals surface area contributed by atoms with Gasteiger partial charge in [0, 0.05) is 36.1 Å². The Morgan fingerprint density at radius 3 is 2.22 bits per heavy atom. The van der Waals surface area contributed by atoms with E-state index in [2.05, 4.69) is 28.1 Å². The first kappa shape index (κ1) is 17.3. The van der Waals surface area contributed by atoms with Crippen molar-refractivity contribution in [1.29, 1.82) is 0 Å². The van der Waals surface area contributed by atoms with Crippen LogP contribution in [0, 0.1) is 5.92 Å². The minimum absolute atomic E-state index is 0.0608. The molecule has 0 spiro atoms. The molecule has 4 heteroatoms. The molecule has 4 rings (SSSR count). The summed E-state index contributed by atoms with van der Waals surface area (Å²) in [6, 6.07) is 28.1. The van der Waals surface area contributed by atoms with Gasteiger partial charge in [0.2, 0.25) is 5.91 Å². The topological polar surface area (TPSA) is 53.2 Å². The predicted octanol–water partition coefficient (Wildman–Crippen LogP) is 4.37. The normalized spacial score (nSPS) is 18.8. The molecule has 0 aromatic heterocycles. The highest BCUT2D eigenvalue weighted by molar-refractivity contribution is 5.94. The minimum atomic E-state index is -0.0712. The van der Waals surface area contributed by atoms with Gasteiger partial charge in [0.05, 0.1) is 5.92 Å². The van der Waals surface area contributed by atoms with E-state index in [-0.39, 0.29) is 17.7 Å². The predicted molar refractivity (Wildman–Crippen MR) is 110 cm³/mol. The lowest BCUT2D eigenvalue weighted by Crippen LogP contribution is -2.28. The maximum Gasteiger partial charge on any atom is 0.229 e. The van der Waals surface area contributed by atoms with Gasteiger partial charge in [0.15, 0.2) is 0 Å². The summed E-state index contributed by atoms with van der Waals surface area (Å²) in [6.45, 7) is 1.53. The van der Waals surface area contributed by atoms with Gasteiger partial charge >= 0.3 is 0 Å². The monoisotopic (exact) mass is 357 g/mol. The molecule has 3 aromatic rings. The highest BCUT2D eigenvalue weighted by Gasteiger charge is 2.33. The smallest absolute Gasteiger partial charge is 0.229 e. The lowest BCUT2D eigenvalue weighted by molar-refractivity contribution is -0.119. The molecule has 1 amide bonds. The van der Waals surface area contributed by atoms with Gasteiger partial charge in [-0.1, -0.05) is 54.6 Å². The maximum absolute atomic E-state index is 12.9. The number of benzene rings is 3. The quantitative estimate of drug-likeness (QED) is 0.635. The average molecular weight is 357 g/mol. The molecule has 2 atom stereocenters. The molecule has 136 valence electrons. The van der Waals surface area contributed by atoms with E-state index in [1.165, 1.54) is 5.56 Å². The van der Waals surface area contributed by atoms with Crippen molar-refractivity contribution in [2.24, 2.45) is 5.92 Å². The molecule has 0 bridgehead atoms. The summed E-state index contributed by atoms with van der Waals surface area (Å²) in [5, 5.41) is 9.81. The van der Waals surface area contributed by atoms with Crippen LogP contribution in [0.5, 0.6) is 0 Å². The second-order valence-electron chi connectivity index (χ2n) is 6.84. The van der Waals surface area contributed by atoms with Crippen molar-refractivity contribution in [2.45, 2.75) is 5.92 Å². The number of carbonyl (C=O) groups excluding carboxylic acids is 1. The van der Waals surface area contributed by atoms with Crippen LogP contribution < -0.4 is 16.0 Å². The van der Waals surface area contributed by atoms with Crippen LogP contribution >= 0.6 is 0 Å². The fraction of sp³-hybridized carbons (Fsp3) is 0.174. The van der Waals surface area contributed by atoms with E-state index >= 15 is 0 Å². The number of anilines is 3. The van der Waals surface area contributed by atoms with Gasteiger partial charge in [-0.2, -0.15) is 0 Å². The summed E-state index contributed by atoms with van der Waals surface area (Å²) in [5.74, 6) is 0.195. The van der Waals surface area contributed by atoms with E-state index in [1.807, 2.05) is 72.8 Å². The maximum atomic E-state index is 12.9. The Morgan fingerprint density at radius 2 is 1.44 bits per heavy atom. The Bertz CT molecular complexity index is 896. The van der Waals surface area contributed by atoms with E-state index in [9.17, 15) is 4.79 Å². The van der Waals surface area contributed by atoms with Crippen molar-refractivity contribution in [2.75, 3.05) is 23.7 Å². The van der Waals surface area contributed by atoms with Crippen molar-refractivity contribution < 1.29 is 4.79 Å². The van der Waals surface area contributed by atoms with Crippen LogP contribution in [0.25, 0.3) is 0 Å². The zero-order chi connectivity index (χ0) is 18.5. The summed E-state index contributed by atoms with van der Waals surface area (Å²) in [5.41, 5.74) is 3.98. The molecular formula is C23H23N3O. The molecule has 1 aliphatic heterocycles. The summed E-state index contributed by atoms with van der Waals surface area (Å²) < 4.78 is 0. The Morgan fingerprint density at radius 1 is 0.778 bits per heavy atom. The first-order valence-corrected chi connectivity index (χ1v) is 9.28. The lowest BCUT2D eigenvalue weighted by atomic mass is 9.88. The molecule has 1 fully saturated rings. The molecule has 1 heterocycles. The van der Waals surface area contributed by atoms with E-state index in [0.717, 1.165) is 23.6 Å². The molecule has 27 heavy (non-hydrogen) atoms. The summed E-state index contributed by atoms with van der Waals surface area (Å²) in [6.07, 6.45) is 0. The first-order chi connectivity index (χ1) is 13.3. The molecule has 0 unspecified atom stereocenters. The van der Waals surface area contributed by atoms with Crippen LogP contribution in [0.4, 0.5) is 17.1 Å². The number of hydrogen-bond acceptors (Lipinski definition) is 3. The molecule has 0 radical (unpaired) electrons. The standard InChI is InChI=1S/C23H23N3O/c27-23(22-16-24-15-21(22)17-8-3-1-4-9-17)26-20-13-7-12-19(14-20)25-18-10-5-2-6-11-18/h1-14,21-22,24-25H,15-16H2,(H,26,27)/t21-,22+/m0/s1. The number of para-hydroxylation sites is 1. The van der Waals surface area contributed by atoms with Crippen molar-refractivity contribution in [3.05, 3.63) is 90.5 Å². The van der Waals surface area contributed by atoms with E-state index < -0.39 is 0 Å². The van der Waals surface area contributed by atoms with Gasteiger partial charge in [-0.3, -0.25) is 4.79 Å². The lowest BCUT2D eigenvalue weighted by Gasteiger charge is -2.19. The van der Waals surface area contributed by atoms with Gasteiger partial charge in [-0.15, -0.1) is 0 Å². The van der Waals surface area contributed by atoms with Crippen molar-refractivity contribution in [3.63, 3.8) is 0 Å². The molecule has 0 saturated carbocycles. The average Bonchev–Trinajstić information content (AvgIpc) is 3.20. The Balaban J connectivity index is 1.45. The highest BCUT2D eigenvalue weighted by Crippen LogP contribution is 2.29. The Labute approximate surface area is 159 Å². The molecule has 1 saturated heterocycles. The molecule has 1 aliphatic rings. The zero-order valence-electron chi connectivity index (χ0n) is 15.1. The molecule has 4 nitrogen and oxygen atoms in total. The van der Waals surface area contributed by atoms with Crippen LogP contribution in [0.2, 0.25) is 0 Å². The van der Waals surface area contributed by atoms with Crippen molar-refractivity contribution in [1.82, 2.24) is 5.32 Å². The second kappa shape index (κ2) is 8.06. The third-order valence-electron chi connectivity index (χ3n) is 4.97. The van der Waals surface area contributed by atoms with Crippen molar-refractivity contribution in [3.8, 4) is 0 Å². The van der Waals surface area contributed by atoms with Crippen LogP contribution in [-0.2, 0) is 4.79 Å². The van der Waals surface area contributed by atoms with Crippen LogP contribution in [0.3, 0.4) is 0 Å². The van der Waals surface area contributed by atoms with Crippen LogP contribution in [0.15, 0.2) is 84.9 Å².